The van der Waals surface area contributed by atoms with Gasteiger partial charge in [-0.15, -0.1) is 0 Å². The number of carbonyl (C=O) groups excluding carboxylic acids is 1. The van der Waals surface area contributed by atoms with Gasteiger partial charge in [0.2, 0.25) is 0 Å². The number of hydrogen-bond acceptors (Lipinski definition) is 2. The van der Waals surface area contributed by atoms with Crippen molar-refractivity contribution in [2.24, 2.45) is 5.10 Å². The highest BCUT2D eigenvalue weighted by molar-refractivity contribution is 6.42. The van der Waals surface area contributed by atoms with Crippen molar-refractivity contribution in [3.8, 4) is 0 Å². The zero-order chi connectivity index (χ0) is 15.4. The summed E-state index contributed by atoms with van der Waals surface area (Å²) in [7, 11) is 0. The number of rotatable bonds is 3. The monoisotopic (exact) mass is 340 g/mol. The molecule has 0 heterocycles. The molecule has 0 aliphatic heterocycles. The molecule has 0 aliphatic carbocycles. The molecule has 108 valence electrons. The van der Waals surface area contributed by atoms with Gasteiger partial charge in [0, 0.05) is 10.6 Å². The first kappa shape index (κ1) is 15.8. The number of amides is 1. The van der Waals surface area contributed by atoms with Crippen LogP contribution in [0.5, 0.6) is 0 Å². The van der Waals surface area contributed by atoms with E-state index < -0.39 is 0 Å². The Hall–Kier alpha value is -1.55. The molecule has 0 fully saturated rings. The minimum Gasteiger partial charge on any atom is -0.267 e. The molecular formula is C15H11Cl3N2O. The maximum atomic E-state index is 11.9. The third kappa shape index (κ3) is 4.21. The van der Waals surface area contributed by atoms with Crippen LogP contribution in [0.2, 0.25) is 15.1 Å². The van der Waals surface area contributed by atoms with Gasteiger partial charge in [0.05, 0.1) is 15.8 Å². The number of hydrogen-bond donors (Lipinski definition) is 1. The molecule has 0 atom stereocenters. The second-order valence-corrected chi connectivity index (χ2v) is 5.52. The zero-order valence-corrected chi connectivity index (χ0v) is 13.3. The Morgan fingerprint density at radius 1 is 0.952 bits per heavy atom. The molecule has 2 aromatic carbocycles. The maximum absolute atomic E-state index is 11.9. The molecule has 0 aromatic heterocycles. The Morgan fingerprint density at radius 2 is 1.57 bits per heavy atom. The summed E-state index contributed by atoms with van der Waals surface area (Å²) >= 11 is 17.6. The van der Waals surface area contributed by atoms with E-state index in [0.717, 1.165) is 5.56 Å². The van der Waals surface area contributed by atoms with Crippen LogP contribution >= 0.6 is 34.8 Å². The number of halogens is 3. The van der Waals surface area contributed by atoms with Gasteiger partial charge in [-0.25, -0.2) is 5.43 Å². The van der Waals surface area contributed by atoms with Crippen LogP contribution in [0.25, 0.3) is 0 Å². The van der Waals surface area contributed by atoms with Crippen molar-refractivity contribution in [1.29, 1.82) is 0 Å². The van der Waals surface area contributed by atoms with Crippen LogP contribution in [0, 0.1) is 0 Å². The van der Waals surface area contributed by atoms with E-state index in [2.05, 4.69) is 10.5 Å². The second-order valence-electron chi connectivity index (χ2n) is 4.27. The highest BCUT2D eigenvalue weighted by Gasteiger charge is 2.06. The Bertz CT molecular complexity index is 697. The highest BCUT2D eigenvalue weighted by atomic mass is 35.5. The van der Waals surface area contributed by atoms with Crippen molar-refractivity contribution in [3.63, 3.8) is 0 Å². The van der Waals surface area contributed by atoms with Crippen LogP contribution in [-0.4, -0.2) is 11.6 Å². The van der Waals surface area contributed by atoms with Crippen LogP contribution < -0.4 is 5.43 Å². The molecule has 3 nitrogen and oxygen atoms in total. The van der Waals surface area contributed by atoms with Crippen molar-refractivity contribution >= 4 is 46.4 Å². The minimum atomic E-state index is -0.314. The lowest BCUT2D eigenvalue weighted by Crippen LogP contribution is -2.19. The van der Waals surface area contributed by atoms with Gasteiger partial charge in [-0.3, -0.25) is 4.79 Å². The maximum Gasteiger partial charge on any atom is 0.271 e. The van der Waals surface area contributed by atoms with E-state index in [4.69, 9.17) is 34.8 Å². The van der Waals surface area contributed by atoms with E-state index in [9.17, 15) is 4.79 Å². The van der Waals surface area contributed by atoms with E-state index in [1.807, 2.05) is 0 Å². The summed E-state index contributed by atoms with van der Waals surface area (Å²) in [5.74, 6) is -0.314. The van der Waals surface area contributed by atoms with Gasteiger partial charge in [-0.2, -0.15) is 5.10 Å². The van der Waals surface area contributed by atoms with Crippen LogP contribution in [-0.2, 0) is 0 Å². The van der Waals surface area contributed by atoms with Gasteiger partial charge in [-0.1, -0.05) is 40.9 Å². The molecule has 0 saturated carbocycles. The summed E-state index contributed by atoms with van der Waals surface area (Å²) in [6, 6.07) is 11.7. The van der Waals surface area contributed by atoms with Gasteiger partial charge in [0.25, 0.3) is 5.91 Å². The minimum absolute atomic E-state index is 0.314. The Morgan fingerprint density at radius 3 is 2.19 bits per heavy atom. The molecule has 0 aliphatic rings. The van der Waals surface area contributed by atoms with E-state index in [0.29, 0.717) is 26.3 Å². The Balaban J connectivity index is 2.10. The lowest BCUT2D eigenvalue weighted by Gasteiger charge is -2.04. The summed E-state index contributed by atoms with van der Waals surface area (Å²) in [6.07, 6.45) is 0. The smallest absolute Gasteiger partial charge is 0.267 e. The van der Waals surface area contributed by atoms with Gasteiger partial charge in [0.15, 0.2) is 0 Å². The summed E-state index contributed by atoms with van der Waals surface area (Å²) in [4.78, 5) is 11.9. The average molecular weight is 342 g/mol. The molecule has 6 heteroatoms. The molecule has 0 bridgehead atoms. The fourth-order valence-electron chi connectivity index (χ4n) is 1.59. The van der Waals surface area contributed by atoms with Crippen LogP contribution in [0.3, 0.4) is 0 Å². The first-order valence-electron chi connectivity index (χ1n) is 6.03. The topological polar surface area (TPSA) is 41.5 Å². The first-order valence-corrected chi connectivity index (χ1v) is 7.16. The molecule has 2 aromatic rings. The van der Waals surface area contributed by atoms with E-state index >= 15 is 0 Å². The fourth-order valence-corrected chi connectivity index (χ4v) is 2.01. The third-order valence-corrected chi connectivity index (χ3v) is 3.76. The average Bonchev–Trinajstić information content (AvgIpc) is 2.48. The predicted molar refractivity (Wildman–Crippen MR) is 87.6 cm³/mol. The molecule has 0 unspecified atom stereocenters. The number of nitrogens with zero attached hydrogens (tertiary/aromatic N) is 1. The number of benzene rings is 2. The van der Waals surface area contributed by atoms with E-state index in [1.54, 1.807) is 49.4 Å². The Labute approximate surface area is 137 Å². The summed E-state index contributed by atoms with van der Waals surface area (Å²) in [5.41, 5.74) is 4.36. The van der Waals surface area contributed by atoms with E-state index in [1.165, 1.54) is 0 Å². The largest absolute Gasteiger partial charge is 0.271 e. The summed E-state index contributed by atoms with van der Waals surface area (Å²) in [6.45, 7) is 1.77. The van der Waals surface area contributed by atoms with Crippen molar-refractivity contribution < 1.29 is 4.79 Å². The predicted octanol–water partition coefficient (Wildman–Crippen LogP) is 4.80. The van der Waals surface area contributed by atoms with Gasteiger partial charge in [-0.05, 0) is 48.9 Å². The lowest BCUT2D eigenvalue weighted by molar-refractivity contribution is 0.0955. The molecule has 0 spiro atoms. The van der Waals surface area contributed by atoms with Crippen molar-refractivity contribution in [1.82, 2.24) is 5.43 Å². The number of carbonyl (C=O) groups is 1. The molecular weight excluding hydrogens is 331 g/mol. The standard InChI is InChI=1S/C15H11Cl3N2O/c1-9(11-4-7-13(17)14(18)8-11)19-20-15(21)10-2-5-12(16)6-3-10/h2-8H,1H3,(H,20,21)/b19-9-. The van der Waals surface area contributed by atoms with Gasteiger partial charge >= 0.3 is 0 Å². The van der Waals surface area contributed by atoms with Crippen LogP contribution in [0.1, 0.15) is 22.8 Å². The Kier molecular flexibility index (Phi) is 5.23. The third-order valence-electron chi connectivity index (χ3n) is 2.77. The van der Waals surface area contributed by atoms with Gasteiger partial charge < -0.3 is 0 Å². The van der Waals surface area contributed by atoms with E-state index in [-0.39, 0.29) is 5.91 Å². The molecule has 0 saturated heterocycles. The quantitative estimate of drug-likeness (QED) is 0.632. The molecule has 1 N–H and O–H groups in total. The van der Waals surface area contributed by atoms with Crippen LogP contribution in [0.15, 0.2) is 47.6 Å². The second kappa shape index (κ2) is 6.94. The molecule has 21 heavy (non-hydrogen) atoms. The summed E-state index contributed by atoms with van der Waals surface area (Å²) < 4.78 is 0. The fraction of sp³-hybridized carbons (Fsp3) is 0.0667. The molecule has 1 amide bonds. The van der Waals surface area contributed by atoms with Crippen molar-refractivity contribution in [2.45, 2.75) is 6.92 Å². The first-order chi connectivity index (χ1) is 9.97. The highest BCUT2D eigenvalue weighted by Crippen LogP contribution is 2.22. The molecule has 2 rings (SSSR count). The lowest BCUT2D eigenvalue weighted by atomic mass is 10.1. The van der Waals surface area contributed by atoms with Crippen molar-refractivity contribution in [3.05, 3.63) is 68.7 Å². The summed E-state index contributed by atoms with van der Waals surface area (Å²) in [5, 5.41) is 5.53. The normalized spacial score (nSPS) is 11.3. The SMILES string of the molecule is C/C(=N/NC(=O)c1ccc(Cl)cc1)c1ccc(Cl)c(Cl)c1. The van der Waals surface area contributed by atoms with Gasteiger partial charge in [0.1, 0.15) is 0 Å². The van der Waals surface area contributed by atoms with Crippen LogP contribution in [0.4, 0.5) is 0 Å². The number of hydrazone groups is 1. The molecule has 0 radical (unpaired) electrons. The number of nitrogens with one attached hydrogen (secondary N) is 1. The van der Waals surface area contributed by atoms with Crippen molar-refractivity contribution in [2.75, 3.05) is 0 Å². The zero-order valence-electron chi connectivity index (χ0n) is 11.0.